The molecule has 5 nitrogen and oxygen atoms in total. The molecule has 0 spiro atoms. The highest BCUT2D eigenvalue weighted by molar-refractivity contribution is 5.87. The van der Waals surface area contributed by atoms with E-state index in [4.69, 9.17) is 10.5 Å². The van der Waals surface area contributed by atoms with Gasteiger partial charge in [-0.25, -0.2) is 8.78 Å². The van der Waals surface area contributed by atoms with Gasteiger partial charge in [0.2, 0.25) is 0 Å². The topological polar surface area (TPSA) is 81.0 Å². The van der Waals surface area contributed by atoms with Gasteiger partial charge in [-0.3, -0.25) is 9.89 Å². The van der Waals surface area contributed by atoms with Crippen molar-refractivity contribution < 1.29 is 18.3 Å². The quantitative estimate of drug-likeness (QED) is 0.710. The Bertz CT molecular complexity index is 909. The van der Waals surface area contributed by atoms with Crippen LogP contribution in [0, 0.1) is 11.6 Å². The number of H-pyrrole nitrogens is 1. The maximum absolute atomic E-state index is 14.5. The fraction of sp³-hybridized carbons (Fsp3) is 0.158. The van der Waals surface area contributed by atoms with E-state index in [-0.39, 0.29) is 12.2 Å². The molecular formula is C19H17F2N3O2. The van der Waals surface area contributed by atoms with Crippen molar-refractivity contribution in [1.29, 1.82) is 0 Å². The van der Waals surface area contributed by atoms with Crippen molar-refractivity contribution in [1.82, 2.24) is 10.2 Å². The van der Waals surface area contributed by atoms with Crippen LogP contribution in [0.4, 0.5) is 8.78 Å². The van der Waals surface area contributed by atoms with Crippen LogP contribution >= 0.6 is 0 Å². The van der Waals surface area contributed by atoms with Gasteiger partial charge in [0, 0.05) is 29.3 Å². The molecule has 1 heterocycles. The lowest BCUT2D eigenvalue weighted by molar-refractivity contribution is -0.119. The van der Waals surface area contributed by atoms with Crippen LogP contribution in [-0.4, -0.2) is 23.1 Å². The Balaban J connectivity index is 1.86. The Morgan fingerprint density at radius 2 is 2.00 bits per heavy atom. The standard InChI is InChI=1S/C19H17F2N3O2/c1-26-18-8-15(13-9-23-24-10-13)16(21)6-12(18)7-17(25)19(22)11-2-4-14(20)5-3-11/h2-6,8-10,19H,7,22H2,1H3,(H,23,24)/t19-/m1/s1. The summed E-state index contributed by atoms with van der Waals surface area (Å²) in [6.07, 6.45) is 2.95. The molecule has 2 aromatic carbocycles. The largest absolute Gasteiger partial charge is 0.496 e. The molecule has 0 aliphatic carbocycles. The first-order valence-electron chi connectivity index (χ1n) is 7.89. The summed E-state index contributed by atoms with van der Waals surface area (Å²) in [4.78, 5) is 12.5. The molecule has 0 aliphatic heterocycles. The first kappa shape index (κ1) is 17.8. The zero-order valence-corrected chi connectivity index (χ0v) is 14.0. The van der Waals surface area contributed by atoms with Crippen LogP contribution in [-0.2, 0) is 11.2 Å². The summed E-state index contributed by atoms with van der Waals surface area (Å²) in [6.45, 7) is 0. The fourth-order valence-corrected chi connectivity index (χ4v) is 2.70. The molecule has 7 heteroatoms. The van der Waals surface area contributed by atoms with Crippen LogP contribution in [0.1, 0.15) is 17.2 Å². The minimum Gasteiger partial charge on any atom is -0.496 e. The minimum atomic E-state index is -0.933. The zero-order chi connectivity index (χ0) is 18.7. The van der Waals surface area contributed by atoms with Crippen molar-refractivity contribution in [2.45, 2.75) is 12.5 Å². The van der Waals surface area contributed by atoms with Gasteiger partial charge in [-0.05, 0) is 29.8 Å². The molecule has 0 radical (unpaired) electrons. The number of Topliss-reactive ketones (excluding diaryl/α,β-unsaturated/α-hetero) is 1. The number of benzene rings is 2. The summed E-state index contributed by atoms with van der Waals surface area (Å²) >= 11 is 0. The molecule has 0 fully saturated rings. The highest BCUT2D eigenvalue weighted by Crippen LogP contribution is 2.31. The number of methoxy groups -OCH3 is 1. The van der Waals surface area contributed by atoms with E-state index < -0.39 is 17.7 Å². The number of carbonyl (C=O) groups excluding carboxylic acids is 1. The molecule has 3 N–H and O–H groups in total. The maximum atomic E-state index is 14.5. The van der Waals surface area contributed by atoms with Crippen molar-refractivity contribution in [3.8, 4) is 16.9 Å². The smallest absolute Gasteiger partial charge is 0.158 e. The molecule has 134 valence electrons. The van der Waals surface area contributed by atoms with E-state index in [1.807, 2.05) is 0 Å². The van der Waals surface area contributed by atoms with Crippen LogP contribution < -0.4 is 10.5 Å². The molecular weight excluding hydrogens is 340 g/mol. The van der Waals surface area contributed by atoms with E-state index in [9.17, 15) is 13.6 Å². The molecule has 1 atom stereocenters. The van der Waals surface area contributed by atoms with E-state index >= 15 is 0 Å². The lowest BCUT2D eigenvalue weighted by Crippen LogP contribution is -2.23. The Morgan fingerprint density at radius 3 is 2.62 bits per heavy atom. The van der Waals surface area contributed by atoms with Crippen molar-refractivity contribution in [3.63, 3.8) is 0 Å². The first-order chi connectivity index (χ1) is 12.5. The maximum Gasteiger partial charge on any atom is 0.158 e. The second-order valence-corrected chi connectivity index (χ2v) is 5.80. The molecule has 3 aromatic rings. The van der Waals surface area contributed by atoms with Gasteiger partial charge in [0.25, 0.3) is 0 Å². The number of hydrogen-bond donors (Lipinski definition) is 2. The monoisotopic (exact) mass is 357 g/mol. The van der Waals surface area contributed by atoms with Gasteiger partial charge in [-0.15, -0.1) is 0 Å². The number of ether oxygens (including phenoxy) is 1. The minimum absolute atomic E-state index is 0.107. The third-order valence-electron chi connectivity index (χ3n) is 4.12. The summed E-state index contributed by atoms with van der Waals surface area (Å²) in [5, 5.41) is 6.42. The third kappa shape index (κ3) is 3.62. The Morgan fingerprint density at radius 1 is 1.27 bits per heavy atom. The van der Waals surface area contributed by atoms with E-state index in [2.05, 4.69) is 10.2 Å². The Labute approximate surface area is 148 Å². The normalized spacial score (nSPS) is 12.0. The lowest BCUT2D eigenvalue weighted by Gasteiger charge is -2.14. The molecule has 3 rings (SSSR count). The first-order valence-corrected chi connectivity index (χ1v) is 7.89. The predicted octanol–water partition coefficient (Wildman–Crippen LogP) is 3.18. The lowest BCUT2D eigenvalue weighted by atomic mass is 9.96. The number of nitrogens with zero attached hydrogens (tertiary/aromatic N) is 1. The Hall–Kier alpha value is -3.06. The van der Waals surface area contributed by atoms with Crippen LogP contribution in [0.15, 0.2) is 48.8 Å². The van der Waals surface area contributed by atoms with Gasteiger partial charge in [-0.1, -0.05) is 12.1 Å². The van der Waals surface area contributed by atoms with E-state index in [1.54, 1.807) is 6.20 Å². The number of hydrogen-bond acceptors (Lipinski definition) is 4. The predicted molar refractivity (Wildman–Crippen MR) is 92.6 cm³/mol. The van der Waals surface area contributed by atoms with Crippen molar-refractivity contribution in [2.24, 2.45) is 5.73 Å². The molecule has 0 amide bonds. The van der Waals surface area contributed by atoms with Crippen molar-refractivity contribution in [2.75, 3.05) is 7.11 Å². The summed E-state index contributed by atoms with van der Waals surface area (Å²) in [7, 11) is 1.44. The number of nitrogens with one attached hydrogen (secondary N) is 1. The molecule has 0 saturated heterocycles. The van der Waals surface area contributed by atoms with Crippen molar-refractivity contribution in [3.05, 3.63) is 71.6 Å². The van der Waals surface area contributed by atoms with Gasteiger partial charge in [0.15, 0.2) is 5.78 Å². The van der Waals surface area contributed by atoms with Gasteiger partial charge in [-0.2, -0.15) is 5.10 Å². The number of nitrogens with two attached hydrogens (primary N) is 1. The third-order valence-corrected chi connectivity index (χ3v) is 4.12. The number of halogens is 2. The molecule has 0 bridgehead atoms. The number of carbonyl (C=O) groups is 1. The van der Waals surface area contributed by atoms with Crippen LogP contribution in [0.5, 0.6) is 5.75 Å². The van der Waals surface area contributed by atoms with Crippen LogP contribution in [0.2, 0.25) is 0 Å². The summed E-state index contributed by atoms with van der Waals surface area (Å²) in [6, 6.07) is 7.24. The SMILES string of the molecule is COc1cc(-c2cn[nH]c2)c(F)cc1CC(=O)[C@H](N)c1ccc(F)cc1. The highest BCUT2D eigenvalue weighted by atomic mass is 19.1. The molecule has 1 aromatic heterocycles. The molecule has 0 aliphatic rings. The van der Waals surface area contributed by atoms with Gasteiger partial charge < -0.3 is 10.5 Å². The molecule has 26 heavy (non-hydrogen) atoms. The molecule has 0 saturated carbocycles. The summed E-state index contributed by atoms with van der Waals surface area (Å²) < 4.78 is 32.8. The second-order valence-electron chi connectivity index (χ2n) is 5.80. The van der Waals surface area contributed by atoms with Gasteiger partial charge in [0.05, 0.1) is 19.3 Å². The summed E-state index contributed by atoms with van der Waals surface area (Å²) in [5.74, 6) is -0.857. The average molecular weight is 357 g/mol. The van der Waals surface area contributed by atoms with E-state index in [1.165, 1.54) is 49.7 Å². The Kier molecular flexibility index (Phi) is 5.09. The van der Waals surface area contributed by atoms with Crippen LogP contribution in [0.3, 0.4) is 0 Å². The number of aromatic amines is 1. The van der Waals surface area contributed by atoms with Crippen LogP contribution in [0.25, 0.3) is 11.1 Å². The average Bonchev–Trinajstić information content (AvgIpc) is 3.16. The number of ketones is 1. The highest BCUT2D eigenvalue weighted by Gasteiger charge is 2.20. The fourth-order valence-electron chi connectivity index (χ4n) is 2.70. The summed E-state index contributed by atoms with van der Waals surface area (Å²) in [5.41, 5.74) is 7.72. The number of rotatable bonds is 6. The van der Waals surface area contributed by atoms with Crippen molar-refractivity contribution >= 4 is 5.78 Å². The zero-order valence-electron chi connectivity index (χ0n) is 14.0. The molecule has 0 unspecified atom stereocenters. The van der Waals surface area contributed by atoms with Gasteiger partial charge >= 0.3 is 0 Å². The van der Waals surface area contributed by atoms with Gasteiger partial charge in [0.1, 0.15) is 17.4 Å². The number of aromatic nitrogens is 2. The van der Waals surface area contributed by atoms with E-state index in [0.717, 1.165) is 0 Å². The van der Waals surface area contributed by atoms with E-state index in [0.29, 0.717) is 28.0 Å². The second kappa shape index (κ2) is 7.45.